The Labute approximate surface area is 116 Å². The number of benzene rings is 2. The number of hydrogen-bond donors (Lipinski definition) is 2. The Morgan fingerprint density at radius 3 is 2.63 bits per heavy atom. The van der Waals surface area contributed by atoms with E-state index in [1.807, 2.05) is 0 Å². The van der Waals surface area contributed by atoms with Gasteiger partial charge in [0.15, 0.2) is 0 Å². The van der Waals surface area contributed by atoms with E-state index >= 15 is 0 Å². The molecule has 0 saturated heterocycles. The maximum Gasteiger partial charge on any atom is 0.326 e. The summed E-state index contributed by atoms with van der Waals surface area (Å²) in [6.07, 6.45) is 0. The summed E-state index contributed by atoms with van der Waals surface area (Å²) in [5.74, 6) is 0.111. The van der Waals surface area contributed by atoms with Crippen LogP contribution in [0.2, 0.25) is 5.02 Å². The third kappa shape index (κ3) is 3.39. The van der Waals surface area contributed by atoms with E-state index in [9.17, 15) is 9.90 Å². The van der Waals surface area contributed by atoms with E-state index in [1.165, 1.54) is 11.0 Å². The van der Waals surface area contributed by atoms with Crippen LogP contribution < -0.4 is 10.2 Å². The fraction of sp³-hybridized carbons (Fsp3) is 0.0714. The number of amides is 2. The van der Waals surface area contributed by atoms with Gasteiger partial charge in [-0.15, -0.1) is 0 Å². The molecule has 0 saturated carbocycles. The number of urea groups is 1. The number of rotatable bonds is 2. The van der Waals surface area contributed by atoms with Crippen LogP contribution in [-0.2, 0) is 0 Å². The Balaban J connectivity index is 2.12. The lowest BCUT2D eigenvalue weighted by molar-refractivity contribution is 0.258. The molecular formula is C14H13ClN2O2. The van der Waals surface area contributed by atoms with Gasteiger partial charge in [-0.05, 0) is 30.3 Å². The average Bonchev–Trinajstić information content (AvgIpc) is 2.38. The minimum atomic E-state index is -0.312. The van der Waals surface area contributed by atoms with Crippen molar-refractivity contribution in [1.29, 1.82) is 0 Å². The van der Waals surface area contributed by atoms with E-state index in [0.717, 1.165) is 0 Å². The molecule has 98 valence electrons. The molecule has 0 fully saturated rings. The van der Waals surface area contributed by atoms with Crippen molar-refractivity contribution in [1.82, 2.24) is 0 Å². The van der Waals surface area contributed by atoms with Gasteiger partial charge >= 0.3 is 6.03 Å². The third-order valence-corrected chi connectivity index (χ3v) is 2.83. The molecule has 2 rings (SSSR count). The van der Waals surface area contributed by atoms with E-state index in [0.29, 0.717) is 16.4 Å². The first-order chi connectivity index (χ1) is 9.06. The first-order valence-corrected chi connectivity index (χ1v) is 6.03. The number of carbonyl (C=O) groups is 1. The molecule has 0 aliphatic rings. The van der Waals surface area contributed by atoms with E-state index in [-0.39, 0.29) is 11.8 Å². The van der Waals surface area contributed by atoms with Crippen molar-refractivity contribution in [3.63, 3.8) is 0 Å². The van der Waals surface area contributed by atoms with Gasteiger partial charge in [-0.2, -0.15) is 0 Å². The number of phenols is 1. The smallest absolute Gasteiger partial charge is 0.326 e. The normalized spacial score (nSPS) is 10.0. The maximum atomic E-state index is 12.0. The first-order valence-electron chi connectivity index (χ1n) is 5.65. The van der Waals surface area contributed by atoms with Gasteiger partial charge in [-0.1, -0.05) is 23.7 Å². The maximum absolute atomic E-state index is 12.0. The molecule has 0 atom stereocenters. The zero-order chi connectivity index (χ0) is 13.8. The molecule has 0 aromatic heterocycles. The number of hydrogen-bond acceptors (Lipinski definition) is 2. The molecule has 2 N–H and O–H groups in total. The molecule has 0 unspecified atom stereocenters. The summed E-state index contributed by atoms with van der Waals surface area (Å²) in [5, 5.41) is 12.7. The second kappa shape index (κ2) is 5.63. The summed E-state index contributed by atoms with van der Waals surface area (Å²) in [7, 11) is 1.62. The van der Waals surface area contributed by atoms with Gasteiger partial charge in [0, 0.05) is 29.5 Å². The van der Waals surface area contributed by atoms with E-state index in [4.69, 9.17) is 11.6 Å². The molecule has 0 heterocycles. The number of carbonyl (C=O) groups excluding carboxylic acids is 1. The molecule has 0 radical (unpaired) electrons. The minimum absolute atomic E-state index is 0.111. The Hall–Kier alpha value is -2.20. The summed E-state index contributed by atoms with van der Waals surface area (Å²) in [6.45, 7) is 0. The largest absolute Gasteiger partial charge is 0.508 e. The summed E-state index contributed by atoms with van der Waals surface area (Å²) < 4.78 is 0. The van der Waals surface area contributed by atoms with Crippen molar-refractivity contribution in [2.45, 2.75) is 0 Å². The standard InChI is InChI=1S/C14H13ClN2O2/c1-17(12-6-3-7-13(18)9-12)14(19)16-11-5-2-4-10(15)8-11/h2-9,18H,1H3,(H,16,19). The number of nitrogens with one attached hydrogen (secondary N) is 1. The summed E-state index contributed by atoms with van der Waals surface area (Å²) in [4.78, 5) is 13.4. The fourth-order valence-corrected chi connectivity index (χ4v) is 1.78. The molecule has 2 aromatic carbocycles. The van der Waals surface area contributed by atoms with Crippen LogP contribution in [0, 0.1) is 0 Å². The lowest BCUT2D eigenvalue weighted by Gasteiger charge is -2.18. The van der Waals surface area contributed by atoms with Crippen LogP contribution in [0.4, 0.5) is 16.2 Å². The fourth-order valence-electron chi connectivity index (χ4n) is 1.59. The molecule has 19 heavy (non-hydrogen) atoms. The van der Waals surface area contributed by atoms with Crippen LogP contribution in [0.15, 0.2) is 48.5 Å². The van der Waals surface area contributed by atoms with Gasteiger partial charge < -0.3 is 10.4 Å². The van der Waals surface area contributed by atoms with Gasteiger partial charge in [0.1, 0.15) is 5.75 Å². The molecule has 2 aromatic rings. The molecule has 0 aliphatic heterocycles. The van der Waals surface area contributed by atoms with Gasteiger partial charge in [0.2, 0.25) is 0 Å². The monoisotopic (exact) mass is 276 g/mol. The SMILES string of the molecule is CN(C(=O)Nc1cccc(Cl)c1)c1cccc(O)c1. The molecule has 0 spiro atoms. The zero-order valence-electron chi connectivity index (χ0n) is 10.3. The van der Waals surface area contributed by atoms with Crippen molar-refractivity contribution in [3.8, 4) is 5.75 Å². The zero-order valence-corrected chi connectivity index (χ0v) is 11.1. The van der Waals surface area contributed by atoms with Crippen molar-refractivity contribution >= 4 is 29.0 Å². The number of aromatic hydroxyl groups is 1. The Morgan fingerprint density at radius 1 is 1.21 bits per heavy atom. The number of phenolic OH excluding ortho intramolecular Hbond substituents is 1. The van der Waals surface area contributed by atoms with Crippen LogP contribution in [0.1, 0.15) is 0 Å². The third-order valence-electron chi connectivity index (χ3n) is 2.60. The molecule has 0 bridgehead atoms. The lowest BCUT2D eigenvalue weighted by atomic mass is 10.3. The van der Waals surface area contributed by atoms with Crippen molar-refractivity contribution in [3.05, 3.63) is 53.6 Å². The van der Waals surface area contributed by atoms with Crippen molar-refractivity contribution in [2.75, 3.05) is 17.3 Å². The van der Waals surface area contributed by atoms with Gasteiger partial charge in [-0.3, -0.25) is 4.90 Å². The van der Waals surface area contributed by atoms with E-state index < -0.39 is 0 Å². The first kappa shape index (κ1) is 13.2. The summed E-state index contributed by atoms with van der Waals surface area (Å²) in [5.41, 5.74) is 1.21. The number of anilines is 2. The topological polar surface area (TPSA) is 52.6 Å². The van der Waals surface area contributed by atoms with Gasteiger partial charge in [0.05, 0.1) is 0 Å². The quantitative estimate of drug-likeness (QED) is 0.878. The van der Waals surface area contributed by atoms with Gasteiger partial charge in [-0.25, -0.2) is 4.79 Å². The lowest BCUT2D eigenvalue weighted by Crippen LogP contribution is -2.31. The summed E-state index contributed by atoms with van der Waals surface area (Å²) in [6, 6.07) is 13.1. The van der Waals surface area contributed by atoms with Gasteiger partial charge in [0.25, 0.3) is 0 Å². The Bertz CT molecular complexity index is 602. The number of nitrogens with zero attached hydrogens (tertiary/aromatic N) is 1. The molecule has 5 heteroatoms. The molecule has 2 amide bonds. The van der Waals surface area contributed by atoms with E-state index in [2.05, 4.69) is 5.32 Å². The van der Waals surface area contributed by atoms with E-state index in [1.54, 1.807) is 49.5 Å². The number of halogens is 1. The molecule has 0 aliphatic carbocycles. The van der Waals surface area contributed by atoms with Crippen LogP contribution in [0.5, 0.6) is 5.75 Å². The highest BCUT2D eigenvalue weighted by atomic mass is 35.5. The second-order valence-electron chi connectivity index (χ2n) is 4.02. The highest BCUT2D eigenvalue weighted by molar-refractivity contribution is 6.30. The van der Waals surface area contributed by atoms with Crippen molar-refractivity contribution in [2.24, 2.45) is 0 Å². The predicted molar refractivity (Wildman–Crippen MR) is 77.0 cm³/mol. The minimum Gasteiger partial charge on any atom is -0.508 e. The Morgan fingerprint density at radius 2 is 1.95 bits per heavy atom. The highest BCUT2D eigenvalue weighted by Gasteiger charge is 2.11. The van der Waals surface area contributed by atoms with Crippen LogP contribution in [0.25, 0.3) is 0 Å². The summed E-state index contributed by atoms with van der Waals surface area (Å²) >= 11 is 5.85. The highest BCUT2D eigenvalue weighted by Crippen LogP contribution is 2.20. The molecule has 4 nitrogen and oxygen atoms in total. The van der Waals surface area contributed by atoms with Crippen LogP contribution in [0.3, 0.4) is 0 Å². The van der Waals surface area contributed by atoms with Crippen LogP contribution in [-0.4, -0.2) is 18.2 Å². The van der Waals surface area contributed by atoms with Crippen LogP contribution >= 0.6 is 11.6 Å². The second-order valence-corrected chi connectivity index (χ2v) is 4.46. The average molecular weight is 277 g/mol. The Kier molecular flexibility index (Phi) is 3.92. The predicted octanol–water partition coefficient (Wildman–Crippen LogP) is 3.71. The van der Waals surface area contributed by atoms with Crippen molar-refractivity contribution < 1.29 is 9.90 Å². The molecular weight excluding hydrogens is 264 g/mol.